The minimum absolute atomic E-state index is 0.313. The van der Waals surface area contributed by atoms with Crippen LogP contribution in [0.5, 0.6) is 0 Å². The number of halogens is 1. The topological polar surface area (TPSA) is 69.7 Å². The molecule has 0 aliphatic carbocycles. The molecule has 2 rings (SSSR count). The molecule has 1 fully saturated rings. The molecule has 4 amide bonds. The number of urea groups is 1. The summed E-state index contributed by atoms with van der Waals surface area (Å²) >= 11 is 0. The molecule has 7 heteroatoms. The molecule has 0 bridgehead atoms. The van der Waals surface area contributed by atoms with E-state index in [-0.39, 0.29) is 12.5 Å². The van der Waals surface area contributed by atoms with Crippen molar-refractivity contribution in [3.8, 4) is 0 Å². The molecule has 1 saturated heterocycles. The predicted molar refractivity (Wildman–Crippen MR) is 86.5 cm³/mol. The third-order valence-corrected chi connectivity index (χ3v) is 4.21. The zero-order valence-electron chi connectivity index (χ0n) is 14.1. The Morgan fingerprint density at radius 3 is 2.42 bits per heavy atom. The van der Waals surface area contributed by atoms with Crippen molar-refractivity contribution in [3.05, 3.63) is 35.6 Å². The van der Waals surface area contributed by atoms with Crippen molar-refractivity contribution in [2.45, 2.75) is 31.7 Å². The molecule has 0 saturated carbocycles. The van der Waals surface area contributed by atoms with Gasteiger partial charge in [-0.15, -0.1) is 0 Å². The van der Waals surface area contributed by atoms with Crippen LogP contribution in [0.3, 0.4) is 0 Å². The second-order valence-corrected chi connectivity index (χ2v) is 6.13. The van der Waals surface area contributed by atoms with Crippen LogP contribution in [0.2, 0.25) is 0 Å². The smallest absolute Gasteiger partial charge is 0.325 e. The highest BCUT2D eigenvalue weighted by molar-refractivity contribution is 6.09. The van der Waals surface area contributed by atoms with Gasteiger partial charge in [0.25, 0.3) is 5.91 Å². The molecule has 0 aromatic heterocycles. The van der Waals surface area contributed by atoms with E-state index in [2.05, 4.69) is 5.32 Å². The lowest BCUT2D eigenvalue weighted by molar-refractivity contribution is -0.138. The van der Waals surface area contributed by atoms with Crippen molar-refractivity contribution in [3.63, 3.8) is 0 Å². The van der Waals surface area contributed by atoms with Gasteiger partial charge >= 0.3 is 6.03 Å². The summed E-state index contributed by atoms with van der Waals surface area (Å²) in [7, 11) is 3.12. The first-order valence-electron chi connectivity index (χ1n) is 7.92. The number of nitrogens with zero attached hydrogens (tertiary/aromatic N) is 2. The number of likely N-dealkylation sites (N-methyl/N-ethyl adjacent to an activating group) is 1. The van der Waals surface area contributed by atoms with Crippen LogP contribution in [-0.4, -0.2) is 48.3 Å². The summed E-state index contributed by atoms with van der Waals surface area (Å²) < 4.78 is 13.2. The Balaban J connectivity index is 2.37. The van der Waals surface area contributed by atoms with E-state index in [1.54, 1.807) is 14.1 Å². The van der Waals surface area contributed by atoms with Gasteiger partial charge in [-0.2, -0.15) is 0 Å². The van der Waals surface area contributed by atoms with Crippen LogP contribution >= 0.6 is 0 Å². The molecule has 24 heavy (non-hydrogen) atoms. The van der Waals surface area contributed by atoms with Gasteiger partial charge in [-0.3, -0.25) is 14.5 Å². The SMILES string of the molecule is CCCC[C@]1(c2ccc(F)cc2)NC(=O)N(CC(=O)N(C)C)C1=O. The quantitative estimate of drug-likeness (QED) is 0.807. The second-order valence-electron chi connectivity index (χ2n) is 6.13. The van der Waals surface area contributed by atoms with Crippen LogP contribution in [0.1, 0.15) is 31.7 Å². The Kier molecular flexibility index (Phi) is 5.21. The standard InChI is InChI=1S/C17H22FN3O3/c1-4-5-10-17(12-6-8-13(18)9-7-12)15(23)21(16(24)19-17)11-14(22)20(2)3/h6-9H,4-5,10-11H2,1-3H3,(H,19,24)/t17-/m1/s1. The number of hydrogen-bond acceptors (Lipinski definition) is 3. The molecule has 1 aromatic rings. The first-order valence-corrected chi connectivity index (χ1v) is 7.92. The van der Waals surface area contributed by atoms with Crippen LogP contribution < -0.4 is 5.32 Å². The van der Waals surface area contributed by atoms with E-state index in [0.29, 0.717) is 18.4 Å². The summed E-state index contributed by atoms with van der Waals surface area (Å²) in [6.45, 7) is 1.67. The Bertz CT molecular complexity index is 645. The van der Waals surface area contributed by atoms with Crippen LogP contribution in [-0.2, 0) is 15.1 Å². The van der Waals surface area contributed by atoms with E-state index >= 15 is 0 Å². The van der Waals surface area contributed by atoms with Crippen LogP contribution in [0.4, 0.5) is 9.18 Å². The Morgan fingerprint density at radius 1 is 1.25 bits per heavy atom. The first kappa shape index (κ1) is 17.9. The van der Waals surface area contributed by atoms with Crippen molar-refractivity contribution in [1.82, 2.24) is 15.1 Å². The van der Waals surface area contributed by atoms with Gasteiger partial charge in [0, 0.05) is 14.1 Å². The normalized spacial score (nSPS) is 20.2. The Morgan fingerprint density at radius 2 is 1.88 bits per heavy atom. The summed E-state index contributed by atoms with van der Waals surface area (Å²) in [5.41, 5.74) is -0.719. The minimum Gasteiger partial charge on any atom is -0.347 e. The average molecular weight is 335 g/mol. The zero-order valence-corrected chi connectivity index (χ0v) is 14.1. The second kappa shape index (κ2) is 6.98. The Hall–Kier alpha value is -2.44. The first-order chi connectivity index (χ1) is 11.3. The highest BCUT2D eigenvalue weighted by Gasteiger charge is 2.52. The number of amides is 4. The van der Waals surface area contributed by atoms with E-state index < -0.39 is 23.3 Å². The fourth-order valence-corrected chi connectivity index (χ4v) is 2.73. The maximum Gasteiger partial charge on any atom is 0.325 e. The maximum absolute atomic E-state index is 13.2. The van der Waals surface area contributed by atoms with Crippen molar-refractivity contribution >= 4 is 17.8 Å². The summed E-state index contributed by atoms with van der Waals surface area (Å²) in [6.07, 6.45) is 1.94. The minimum atomic E-state index is -1.24. The van der Waals surface area contributed by atoms with Gasteiger partial charge in [-0.25, -0.2) is 9.18 Å². The molecular formula is C17H22FN3O3. The molecule has 1 N–H and O–H groups in total. The third-order valence-electron chi connectivity index (χ3n) is 4.21. The Labute approximate surface area is 140 Å². The van der Waals surface area contributed by atoms with Gasteiger partial charge in [0.05, 0.1) is 0 Å². The number of imide groups is 1. The van der Waals surface area contributed by atoms with Crippen molar-refractivity contribution in [2.75, 3.05) is 20.6 Å². The van der Waals surface area contributed by atoms with Gasteiger partial charge < -0.3 is 10.2 Å². The van der Waals surface area contributed by atoms with E-state index in [0.717, 1.165) is 11.3 Å². The predicted octanol–water partition coefficient (Wildman–Crippen LogP) is 1.85. The molecule has 1 heterocycles. The lowest BCUT2D eigenvalue weighted by Gasteiger charge is -2.27. The van der Waals surface area contributed by atoms with Gasteiger partial charge in [0.1, 0.15) is 17.9 Å². The number of carbonyl (C=O) groups is 3. The number of hydrogen-bond donors (Lipinski definition) is 1. The van der Waals surface area contributed by atoms with Gasteiger partial charge in [0.2, 0.25) is 5.91 Å². The monoisotopic (exact) mass is 335 g/mol. The summed E-state index contributed by atoms with van der Waals surface area (Å²) in [5.74, 6) is -1.23. The van der Waals surface area contributed by atoms with Crippen LogP contribution in [0.15, 0.2) is 24.3 Å². The fraction of sp³-hybridized carbons (Fsp3) is 0.471. The fourth-order valence-electron chi connectivity index (χ4n) is 2.73. The molecule has 0 unspecified atom stereocenters. The summed E-state index contributed by atoms with van der Waals surface area (Å²) in [4.78, 5) is 39.4. The number of rotatable bonds is 6. The van der Waals surface area contributed by atoms with E-state index in [4.69, 9.17) is 0 Å². The number of benzene rings is 1. The number of nitrogens with one attached hydrogen (secondary N) is 1. The molecule has 6 nitrogen and oxygen atoms in total. The van der Waals surface area contributed by atoms with Crippen molar-refractivity contribution < 1.29 is 18.8 Å². The van der Waals surface area contributed by atoms with Crippen LogP contribution in [0, 0.1) is 5.82 Å². The zero-order chi connectivity index (χ0) is 17.9. The highest BCUT2D eigenvalue weighted by Crippen LogP contribution is 2.34. The number of unbranched alkanes of at least 4 members (excludes halogenated alkanes) is 1. The van der Waals surface area contributed by atoms with E-state index in [1.807, 2.05) is 6.92 Å². The molecule has 1 aliphatic heterocycles. The number of carbonyl (C=O) groups excluding carboxylic acids is 3. The van der Waals surface area contributed by atoms with E-state index in [1.165, 1.54) is 29.2 Å². The van der Waals surface area contributed by atoms with Gasteiger partial charge in [0.15, 0.2) is 0 Å². The van der Waals surface area contributed by atoms with Crippen molar-refractivity contribution in [1.29, 1.82) is 0 Å². The van der Waals surface area contributed by atoms with Crippen LogP contribution in [0.25, 0.3) is 0 Å². The highest BCUT2D eigenvalue weighted by atomic mass is 19.1. The molecule has 0 radical (unpaired) electrons. The molecule has 1 aliphatic rings. The average Bonchev–Trinajstić information content (AvgIpc) is 2.78. The molecule has 1 atom stereocenters. The molecule has 0 spiro atoms. The largest absolute Gasteiger partial charge is 0.347 e. The molecular weight excluding hydrogens is 313 g/mol. The lowest BCUT2D eigenvalue weighted by Crippen LogP contribution is -2.45. The lowest BCUT2D eigenvalue weighted by atomic mass is 9.85. The van der Waals surface area contributed by atoms with Gasteiger partial charge in [-0.1, -0.05) is 31.9 Å². The van der Waals surface area contributed by atoms with E-state index in [9.17, 15) is 18.8 Å². The molecule has 1 aromatic carbocycles. The maximum atomic E-state index is 13.2. The third kappa shape index (κ3) is 3.25. The van der Waals surface area contributed by atoms with Crippen molar-refractivity contribution in [2.24, 2.45) is 0 Å². The van der Waals surface area contributed by atoms with Gasteiger partial charge in [-0.05, 0) is 24.1 Å². The molecule has 130 valence electrons. The summed E-state index contributed by atoms with van der Waals surface area (Å²) in [5, 5.41) is 2.73. The summed E-state index contributed by atoms with van der Waals surface area (Å²) in [6, 6.07) is 4.92.